The zero-order valence-corrected chi connectivity index (χ0v) is 17.4. The first-order valence-corrected chi connectivity index (χ1v) is 10.3. The number of aromatic nitrogens is 2. The second-order valence-corrected chi connectivity index (χ2v) is 8.87. The maximum Gasteiger partial charge on any atom is 0.274 e. The largest absolute Gasteiger partial charge is 0.368 e. The number of piperazine rings is 1. The van der Waals surface area contributed by atoms with Crippen LogP contribution in [0.2, 0.25) is 0 Å². The standard InChI is InChI=1S/C22H29N5O2/c1-22(2,3)21(29)27-10-9-18-17(15-27)19(24-23-18)20(28)26-13-11-25(12-14-26)16-7-5-4-6-8-16/h4-8H,9-15H2,1-3H3,(H,23,24). The predicted molar refractivity (Wildman–Crippen MR) is 112 cm³/mol. The molecule has 154 valence electrons. The summed E-state index contributed by atoms with van der Waals surface area (Å²) in [7, 11) is 0. The predicted octanol–water partition coefficient (Wildman–Crippen LogP) is 2.30. The number of benzene rings is 1. The number of fused-ring (bicyclic) bond motifs is 1. The molecule has 0 spiro atoms. The van der Waals surface area contributed by atoms with Crippen LogP contribution in [0.5, 0.6) is 0 Å². The number of para-hydroxylation sites is 1. The van der Waals surface area contributed by atoms with Crippen LogP contribution >= 0.6 is 0 Å². The van der Waals surface area contributed by atoms with Crippen molar-refractivity contribution in [3.63, 3.8) is 0 Å². The van der Waals surface area contributed by atoms with Gasteiger partial charge in [0.1, 0.15) is 0 Å². The highest BCUT2D eigenvalue weighted by Gasteiger charge is 2.34. The lowest BCUT2D eigenvalue weighted by Gasteiger charge is -2.36. The van der Waals surface area contributed by atoms with Crippen LogP contribution in [-0.4, -0.2) is 64.5 Å². The summed E-state index contributed by atoms with van der Waals surface area (Å²) in [5.74, 6) is 0.0690. The van der Waals surface area contributed by atoms with Gasteiger partial charge < -0.3 is 14.7 Å². The van der Waals surface area contributed by atoms with Crippen molar-refractivity contribution < 1.29 is 9.59 Å². The van der Waals surface area contributed by atoms with Crippen LogP contribution in [0.4, 0.5) is 5.69 Å². The van der Waals surface area contributed by atoms with Gasteiger partial charge in [-0.3, -0.25) is 14.7 Å². The summed E-state index contributed by atoms with van der Waals surface area (Å²) in [6.45, 7) is 9.84. The number of nitrogens with zero attached hydrogens (tertiary/aromatic N) is 4. The van der Waals surface area contributed by atoms with Crippen molar-refractivity contribution >= 4 is 17.5 Å². The Morgan fingerprint density at radius 1 is 0.966 bits per heavy atom. The molecule has 1 aromatic carbocycles. The molecular weight excluding hydrogens is 366 g/mol. The summed E-state index contributed by atoms with van der Waals surface area (Å²) >= 11 is 0. The van der Waals surface area contributed by atoms with Gasteiger partial charge in [-0.05, 0) is 12.1 Å². The van der Waals surface area contributed by atoms with Gasteiger partial charge in [0, 0.05) is 68.0 Å². The maximum atomic E-state index is 13.2. The van der Waals surface area contributed by atoms with Crippen molar-refractivity contribution in [2.24, 2.45) is 5.41 Å². The Morgan fingerprint density at radius 3 is 2.31 bits per heavy atom. The third-order valence-electron chi connectivity index (χ3n) is 5.75. The van der Waals surface area contributed by atoms with Gasteiger partial charge in [0.15, 0.2) is 5.69 Å². The van der Waals surface area contributed by atoms with E-state index in [0.717, 1.165) is 24.3 Å². The van der Waals surface area contributed by atoms with Gasteiger partial charge in [-0.15, -0.1) is 0 Å². The van der Waals surface area contributed by atoms with Gasteiger partial charge in [-0.25, -0.2) is 0 Å². The molecule has 0 bridgehead atoms. The minimum Gasteiger partial charge on any atom is -0.368 e. The zero-order valence-electron chi connectivity index (χ0n) is 17.4. The van der Waals surface area contributed by atoms with Gasteiger partial charge in [0.25, 0.3) is 5.91 Å². The lowest BCUT2D eigenvalue weighted by Crippen LogP contribution is -2.49. The molecule has 0 atom stereocenters. The Morgan fingerprint density at radius 2 is 1.66 bits per heavy atom. The van der Waals surface area contributed by atoms with Crippen LogP contribution in [0.25, 0.3) is 0 Å². The lowest BCUT2D eigenvalue weighted by molar-refractivity contribution is -0.140. The second-order valence-electron chi connectivity index (χ2n) is 8.87. The van der Waals surface area contributed by atoms with Gasteiger partial charge in [0.05, 0.1) is 0 Å². The van der Waals surface area contributed by atoms with E-state index in [1.54, 1.807) is 0 Å². The summed E-state index contributed by atoms with van der Waals surface area (Å²) in [5.41, 5.74) is 3.09. The molecule has 1 saturated heterocycles. The van der Waals surface area contributed by atoms with Crippen LogP contribution in [0, 0.1) is 5.41 Å². The van der Waals surface area contributed by atoms with Crippen molar-refractivity contribution in [1.29, 1.82) is 0 Å². The monoisotopic (exact) mass is 395 g/mol. The quantitative estimate of drug-likeness (QED) is 0.847. The van der Waals surface area contributed by atoms with E-state index in [0.29, 0.717) is 38.3 Å². The van der Waals surface area contributed by atoms with Gasteiger partial charge in [-0.1, -0.05) is 39.0 Å². The summed E-state index contributed by atoms with van der Waals surface area (Å²) in [4.78, 5) is 31.9. The number of carbonyl (C=O) groups excluding carboxylic acids is 2. The molecule has 1 N–H and O–H groups in total. The molecule has 0 unspecified atom stereocenters. The Bertz CT molecular complexity index is 892. The average molecular weight is 396 g/mol. The van der Waals surface area contributed by atoms with E-state index in [1.807, 2.05) is 48.8 Å². The first-order valence-electron chi connectivity index (χ1n) is 10.3. The molecule has 0 radical (unpaired) electrons. The molecule has 7 heteroatoms. The minimum absolute atomic E-state index is 0.0414. The number of H-pyrrole nitrogens is 1. The number of hydrogen-bond donors (Lipinski definition) is 1. The molecule has 4 rings (SSSR count). The molecular formula is C22H29N5O2. The van der Waals surface area contributed by atoms with Crippen LogP contribution in [0.15, 0.2) is 30.3 Å². The van der Waals surface area contributed by atoms with Crippen molar-refractivity contribution in [3.05, 3.63) is 47.3 Å². The number of aromatic amines is 1. The SMILES string of the molecule is CC(C)(C)C(=O)N1CCc2[nH]nc(C(=O)N3CCN(c4ccccc4)CC3)c2C1. The Kier molecular flexibility index (Phi) is 5.06. The molecule has 3 heterocycles. The number of hydrogen-bond acceptors (Lipinski definition) is 4. The van der Waals surface area contributed by atoms with E-state index in [9.17, 15) is 9.59 Å². The number of nitrogens with one attached hydrogen (secondary N) is 1. The summed E-state index contributed by atoms with van der Waals surface area (Å²) in [6, 6.07) is 10.3. The zero-order chi connectivity index (χ0) is 20.6. The third-order valence-corrected chi connectivity index (χ3v) is 5.75. The molecule has 2 amide bonds. The second kappa shape index (κ2) is 7.54. The molecule has 2 aliphatic heterocycles. The van der Waals surface area contributed by atoms with E-state index in [1.165, 1.54) is 5.69 Å². The summed E-state index contributed by atoms with van der Waals surface area (Å²) in [5, 5.41) is 7.37. The van der Waals surface area contributed by atoms with Crippen LogP contribution in [-0.2, 0) is 17.8 Å². The number of rotatable bonds is 2. The number of carbonyl (C=O) groups is 2. The van der Waals surface area contributed by atoms with E-state index in [-0.39, 0.29) is 11.8 Å². The number of anilines is 1. The van der Waals surface area contributed by atoms with Crippen LogP contribution in [0.1, 0.15) is 42.5 Å². The van der Waals surface area contributed by atoms with Gasteiger partial charge in [0.2, 0.25) is 5.91 Å². The molecule has 0 saturated carbocycles. The fourth-order valence-corrected chi connectivity index (χ4v) is 4.08. The van der Waals surface area contributed by atoms with E-state index >= 15 is 0 Å². The molecule has 2 aliphatic rings. The first-order chi connectivity index (χ1) is 13.8. The average Bonchev–Trinajstić information content (AvgIpc) is 3.16. The molecule has 29 heavy (non-hydrogen) atoms. The third kappa shape index (κ3) is 3.86. The summed E-state index contributed by atoms with van der Waals surface area (Å²) < 4.78 is 0. The molecule has 1 aromatic heterocycles. The van der Waals surface area contributed by atoms with E-state index in [4.69, 9.17) is 0 Å². The highest BCUT2D eigenvalue weighted by Crippen LogP contribution is 2.26. The molecule has 2 aromatic rings. The normalized spacial score (nSPS) is 17.3. The van der Waals surface area contributed by atoms with Gasteiger partial charge >= 0.3 is 0 Å². The smallest absolute Gasteiger partial charge is 0.274 e. The van der Waals surface area contributed by atoms with Gasteiger partial charge in [-0.2, -0.15) is 5.10 Å². The Hall–Kier alpha value is -2.83. The molecule has 1 fully saturated rings. The van der Waals surface area contributed by atoms with E-state index in [2.05, 4.69) is 27.2 Å². The van der Waals surface area contributed by atoms with Crippen LogP contribution in [0.3, 0.4) is 0 Å². The minimum atomic E-state index is -0.431. The topological polar surface area (TPSA) is 72.5 Å². The lowest BCUT2D eigenvalue weighted by atomic mass is 9.93. The fourth-order valence-electron chi connectivity index (χ4n) is 4.08. The Labute approximate surface area is 171 Å². The highest BCUT2D eigenvalue weighted by atomic mass is 16.2. The number of amides is 2. The van der Waals surface area contributed by atoms with Crippen molar-refractivity contribution in [2.45, 2.75) is 33.7 Å². The fraction of sp³-hybridized carbons (Fsp3) is 0.500. The van der Waals surface area contributed by atoms with E-state index < -0.39 is 5.41 Å². The highest BCUT2D eigenvalue weighted by molar-refractivity contribution is 5.94. The molecule has 0 aliphatic carbocycles. The summed E-state index contributed by atoms with van der Waals surface area (Å²) in [6.07, 6.45) is 0.708. The Balaban J connectivity index is 1.45. The van der Waals surface area contributed by atoms with Crippen molar-refractivity contribution in [2.75, 3.05) is 37.6 Å². The van der Waals surface area contributed by atoms with Crippen molar-refractivity contribution in [1.82, 2.24) is 20.0 Å². The van der Waals surface area contributed by atoms with Crippen molar-refractivity contribution in [3.8, 4) is 0 Å². The first kappa shape index (κ1) is 19.5. The molecule has 7 nitrogen and oxygen atoms in total. The maximum absolute atomic E-state index is 13.2. The van der Waals surface area contributed by atoms with Crippen LogP contribution < -0.4 is 4.90 Å².